The van der Waals surface area contributed by atoms with Crippen LogP contribution in [-0.4, -0.2) is 23.3 Å². The largest absolute Gasteiger partial charge is 0.351 e. The van der Waals surface area contributed by atoms with Crippen molar-refractivity contribution in [3.63, 3.8) is 0 Å². The monoisotopic (exact) mass is 373 g/mol. The van der Waals surface area contributed by atoms with Crippen molar-refractivity contribution in [3.8, 4) is 0 Å². The molecule has 128 valence electrons. The second-order valence-corrected chi connectivity index (χ2v) is 6.96. The second kappa shape index (κ2) is 7.63. The van der Waals surface area contributed by atoms with E-state index in [4.69, 9.17) is 11.6 Å². The summed E-state index contributed by atoms with van der Waals surface area (Å²) in [5.74, 6) is -0.496. The van der Waals surface area contributed by atoms with Crippen molar-refractivity contribution >= 4 is 50.1 Å². The minimum Gasteiger partial charge on any atom is -0.351 e. The third kappa shape index (κ3) is 4.35. The maximum Gasteiger partial charge on any atom is 0.252 e. The van der Waals surface area contributed by atoms with Gasteiger partial charge in [0.05, 0.1) is 20.8 Å². The quantitative estimate of drug-likeness (QED) is 0.709. The van der Waals surface area contributed by atoms with Crippen LogP contribution in [0.3, 0.4) is 0 Å². The van der Waals surface area contributed by atoms with Gasteiger partial charge in [0.25, 0.3) is 5.91 Å². The number of rotatable bonds is 5. The highest BCUT2D eigenvalue weighted by Crippen LogP contribution is 2.26. The van der Waals surface area contributed by atoms with Gasteiger partial charge in [-0.1, -0.05) is 41.1 Å². The molecule has 0 bridgehead atoms. The van der Waals surface area contributed by atoms with E-state index >= 15 is 0 Å². The van der Waals surface area contributed by atoms with Crippen LogP contribution in [0.1, 0.15) is 22.3 Å². The molecular formula is C18H16ClN3O2S. The smallest absolute Gasteiger partial charge is 0.252 e. The maximum atomic E-state index is 12.0. The van der Waals surface area contributed by atoms with Crippen molar-refractivity contribution in [2.45, 2.75) is 13.3 Å². The summed E-state index contributed by atoms with van der Waals surface area (Å²) < 4.78 is 1.03. The molecule has 3 rings (SSSR count). The number of hydrogen-bond acceptors (Lipinski definition) is 4. The molecule has 0 aliphatic rings. The number of thiazole rings is 1. The summed E-state index contributed by atoms with van der Waals surface area (Å²) >= 11 is 7.40. The number of anilines is 1. The van der Waals surface area contributed by atoms with E-state index in [1.807, 2.05) is 25.1 Å². The number of nitrogens with one attached hydrogen (secondary N) is 2. The number of fused-ring (bicyclic) bond motifs is 1. The zero-order valence-electron chi connectivity index (χ0n) is 13.5. The predicted molar refractivity (Wildman–Crippen MR) is 101 cm³/mol. The van der Waals surface area contributed by atoms with Crippen molar-refractivity contribution < 1.29 is 9.59 Å². The fraction of sp³-hybridized carbons (Fsp3) is 0.167. The summed E-state index contributed by atoms with van der Waals surface area (Å²) in [7, 11) is 0. The minimum absolute atomic E-state index is 0.158. The molecule has 1 heterocycles. The summed E-state index contributed by atoms with van der Waals surface area (Å²) in [6.07, 6.45) is 0.158. The summed E-state index contributed by atoms with van der Waals surface area (Å²) in [5.41, 5.74) is 2.40. The molecule has 0 saturated carbocycles. The van der Waals surface area contributed by atoms with Gasteiger partial charge < -0.3 is 10.6 Å². The number of halogens is 1. The third-order valence-electron chi connectivity index (χ3n) is 3.55. The zero-order valence-corrected chi connectivity index (χ0v) is 15.1. The average Bonchev–Trinajstić information content (AvgIpc) is 2.96. The topological polar surface area (TPSA) is 71.1 Å². The number of nitrogens with zero attached hydrogens (tertiary/aromatic N) is 1. The molecular weight excluding hydrogens is 358 g/mol. The van der Waals surface area contributed by atoms with Gasteiger partial charge >= 0.3 is 0 Å². The van der Waals surface area contributed by atoms with Crippen molar-refractivity contribution in [3.05, 3.63) is 58.6 Å². The number of carbonyl (C=O) groups excluding carboxylic acids is 2. The van der Waals surface area contributed by atoms with E-state index in [9.17, 15) is 9.59 Å². The van der Waals surface area contributed by atoms with Gasteiger partial charge in [0, 0.05) is 13.0 Å². The second-order valence-electron chi connectivity index (χ2n) is 5.52. The van der Waals surface area contributed by atoms with Gasteiger partial charge in [-0.25, -0.2) is 4.98 Å². The van der Waals surface area contributed by atoms with Crippen molar-refractivity contribution in [2.75, 3.05) is 11.9 Å². The van der Waals surface area contributed by atoms with E-state index in [1.165, 1.54) is 11.3 Å². The molecule has 0 unspecified atom stereocenters. The lowest BCUT2D eigenvalue weighted by atomic mass is 10.2. The fourth-order valence-corrected chi connectivity index (χ4v) is 3.50. The van der Waals surface area contributed by atoms with Gasteiger partial charge in [0.1, 0.15) is 0 Å². The van der Waals surface area contributed by atoms with Crippen molar-refractivity contribution in [1.82, 2.24) is 10.3 Å². The van der Waals surface area contributed by atoms with Crippen LogP contribution < -0.4 is 10.6 Å². The van der Waals surface area contributed by atoms with Crippen LogP contribution in [-0.2, 0) is 4.79 Å². The highest BCUT2D eigenvalue weighted by Gasteiger charge is 2.11. The molecule has 0 fully saturated rings. The van der Waals surface area contributed by atoms with E-state index in [0.29, 0.717) is 15.7 Å². The van der Waals surface area contributed by atoms with Crippen LogP contribution in [0, 0.1) is 6.92 Å². The Morgan fingerprint density at radius 2 is 2.00 bits per heavy atom. The molecule has 3 aromatic rings. The Bertz CT molecular complexity index is 939. The lowest BCUT2D eigenvalue weighted by Crippen LogP contribution is -2.27. The number of aryl methyl sites for hydroxylation is 1. The molecule has 25 heavy (non-hydrogen) atoms. The van der Waals surface area contributed by atoms with Gasteiger partial charge in [-0.15, -0.1) is 0 Å². The molecule has 2 amide bonds. The maximum absolute atomic E-state index is 12.0. The molecule has 0 aliphatic carbocycles. The summed E-state index contributed by atoms with van der Waals surface area (Å²) in [6.45, 7) is 2.24. The predicted octanol–water partition coefficient (Wildman–Crippen LogP) is 4.02. The van der Waals surface area contributed by atoms with Gasteiger partial charge in [0.2, 0.25) is 5.91 Å². The van der Waals surface area contributed by atoms with E-state index in [2.05, 4.69) is 15.6 Å². The van der Waals surface area contributed by atoms with E-state index in [1.54, 1.807) is 24.3 Å². The van der Waals surface area contributed by atoms with Gasteiger partial charge in [0.15, 0.2) is 5.13 Å². The highest BCUT2D eigenvalue weighted by molar-refractivity contribution is 7.22. The fourth-order valence-electron chi connectivity index (χ4n) is 2.30. The number of benzene rings is 2. The van der Waals surface area contributed by atoms with Crippen LogP contribution in [0.5, 0.6) is 0 Å². The first kappa shape index (κ1) is 17.4. The summed E-state index contributed by atoms with van der Waals surface area (Å²) in [4.78, 5) is 28.4. The molecule has 0 spiro atoms. The van der Waals surface area contributed by atoms with E-state index in [0.717, 1.165) is 15.8 Å². The Hall–Kier alpha value is -2.44. The van der Waals surface area contributed by atoms with Gasteiger partial charge in [-0.3, -0.25) is 9.59 Å². The molecule has 7 heteroatoms. The number of aromatic nitrogens is 1. The van der Waals surface area contributed by atoms with Gasteiger partial charge in [-0.2, -0.15) is 0 Å². The highest BCUT2D eigenvalue weighted by atomic mass is 35.5. The molecule has 5 nitrogen and oxygen atoms in total. The number of carbonyl (C=O) groups is 2. The van der Waals surface area contributed by atoms with E-state index in [-0.39, 0.29) is 24.8 Å². The van der Waals surface area contributed by atoms with Crippen LogP contribution in [0.2, 0.25) is 5.02 Å². The van der Waals surface area contributed by atoms with Gasteiger partial charge in [-0.05, 0) is 36.8 Å². The van der Waals surface area contributed by atoms with Crippen LogP contribution in [0.4, 0.5) is 5.13 Å². The number of amides is 2. The van der Waals surface area contributed by atoms with Crippen LogP contribution in [0.15, 0.2) is 42.5 Å². The standard InChI is InChI=1S/C18H16ClN3O2S/c1-11-6-7-14-15(10-11)25-18(21-14)22-16(23)8-9-20-17(24)12-4-2-3-5-13(12)19/h2-7,10H,8-9H2,1H3,(H,20,24)(H,21,22,23). The molecule has 0 saturated heterocycles. The van der Waals surface area contributed by atoms with Crippen molar-refractivity contribution in [1.29, 1.82) is 0 Å². The molecule has 1 aromatic heterocycles. The number of hydrogen-bond donors (Lipinski definition) is 2. The Morgan fingerprint density at radius 3 is 2.80 bits per heavy atom. The lowest BCUT2D eigenvalue weighted by Gasteiger charge is -2.06. The van der Waals surface area contributed by atoms with Crippen LogP contribution in [0.25, 0.3) is 10.2 Å². The van der Waals surface area contributed by atoms with E-state index < -0.39 is 0 Å². The molecule has 2 aromatic carbocycles. The SMILES string of the molecule is Cc1ccc2nc(NC(=O)CCNC(=O)c3ccccc3Cl)sc2c1. The Balaban J connectivity index is 1.52. The molecule has 0 atom stereocenters. The minimum atomic E-state index is -0.297. The average molecular weight is 374 g/mol. The first-order valence-electron chi connectivity index (χ1n) is 7.73. The normalized spacial score (nSPS) is 10.6. The lowest BCUT2D eigenvalue weighted by molar-refractivity contribution is -0.116. The molecule has 0 aliphatic heterocycles. The first-order chi connectivity index (χ1) is 12.0. The Labute approximate surface area is 154 Å². The van der Waals surface area contributed by atoms with Crippen molar-refractivity contribution in [2.24, 2.45) is 0 Å². The molecule has 2 N–H and O–H groups in total. The third-order valence-corrected chi connectivity index (χ3v) is 4.81. The van der Waals surface area contributed by atoms with Crippen LogP contribution >= 0.6 is 22.9 Å². The summed E-state index contributed by atoms with van der Waals surface area (Å²) in [6, 6.07) is 12.7. The molecule has 0 radical (unpaired) electrons. The zero-order chi connectivity index (χ0) is 17.8. The summed E-state index contributed by atoms with van der Waals surface area (Å²) in [5, 5.41) is 6.40. The first-order valence-corrected chi connectivity index (χ1v) is 8.92. The Kier molecular flexibility index (Phi) is 5.31. The Morgan fingerprint density at radius 1 is 1.20 bits per heavy atom.